The van der Waals surface area contributed by atoms with Gasteiger partial charge in [-0.3, -0.25) is 0 Å². The van der Waals surface area contributed by atoms with Crippen LogP contribution in [-0.2, 0) is 0 Å². The van der Waals surface area contributed by atoms with Crippen LogP contribution in [0, 0.1) is 12.0 Å². The van der Waals surface area contributed by atoms with E-state index < -0.39 is 0 Å². The first kappa shape index (κ1) is 12.1. The first-order valence-electron chi connectivity index (χ1n) is 5.92. The summed E-state index contributed by atoms with van der Waals surface area (Å²) in [6, 6.07) is 10.7. The Labute approximate surface area is 93.5 Å². The SMILES string of the molecule is CCCC(C)CCCOc1cc[c]cc1. The molecule has 0 aliphatic carbocycles. The van der Waals surface area contributed by atoms with Gasteiger partial charge < -0.3 is 4.74 Å². The fraction of sp³-hybridized carbons (Fsp3) is 0.571. The molecule has 1 aromatic rings. The molecule has 0 aromatic heterocycles. The number of hydrogen-bond acceptors (Lipinski definition) is 1. The summed E-state index contributed by atoms with van der Waals surface area (Å²) in [5.41, 5.74) is 0. The fourth-order valence-electron chi connectivity index (χ4n) is 1.73. The summed E-state index contributed by atoms with van der Waals surface area (Å²) in [5, 5.41) is 0. The molecule has 1 nitrogen and oxygen atoms in total. The summed E-state index contributed by atoms with van der Waals surface area (Å²) in [5.74, 6) is 1.79. The number of ether oxygens (including phenoxy) is 1. The average molecular weight is 205 g/mol. The van der Waals surface area contributed by atoms with Gasteiger partial charge in [-0.15, -0.1) is 0 Å². The van der Waals surface area contributed by atoms with Crippen molar-refractivity contribution in [1.82, 2.24) is 0 Å². The molecule has 1 radical (unpaired) electrons. The minimum atomic E-state index is 0.831. The highest BCUT2D eigenvalue weighted by Gasteiger charge is 2.00. The van der Waals surface area contributed by atoms with Crippen molar-refractivity contribution in [3.8, 4) is 5.75 Å². The van der Waals surface area contributed by atoms with Crippen LogP contribution in [0.1, 0.15) is 39.5 Å². The smallest absolute Gasteiger partial charge is 0.119 e. The molecule has 0 N–H and O–H groups in total. The van der Waals surface area contributed by atoms with Gasteiger partial charge in [-0.05, 0) is 37.0 Å². The number of hydrogen-bond donors (Lipinski definition) is 0. The molecule has 0 saturated carbocycles. The van der Waals surface area contributed by atoms with Crippen LogP contribution in [0.15, 0.2) is 24.3 Å². The Morgan fingerprint density at radius 3 is 2.67 bits per heavy atom. The molecule has 1 unspecified atom stereocenters. The van der Waals surface area contributed by atoms with Crippen molar-refractivity contribution in [2.45, 2.75) is 39.5 Å². The van der Waals surface area contributed by atoms with Crippen molar-refractivity contribution < 1.29 is 4.74 Å². The van der Waals surface area contributed by atoms with Crippen LogP contribution < -0.4 is 4.74 Å². The standard InChI is InChI=1S/C14H21O/c1-3-8-13(2)9-7-12-15-14-10-5-4-6-11-14/h5-6,10-11,13H,3,7-9,12H2,1-2H3. The van der Waals surface area contributed by atoms with Crippen molar-refractivity contribution >= 4 is 0 Å². The van der Waals surface area contributed by atoms with Gasteiger partial charge >= 0.3 is 0 Å². The summed E-state index contributed by atoms with van der Waals surface area (Å²) >= 11 is 0. The van der Waals surface area contributed by atoms with Crippen LogP contribution in [0.4, 0.5) is 0 Å². The molecule has 1 aromatic carbocycles. The molecule has 0 fully saturated rings. The van der Waals surface area contributed by atoms with E-state index in [2.05, 4.69) is 19.9 Å². The van der Waals surface area contributed by atoms with Gasteiger partial charge in [0.15, 0.2) is 0 Å². The molecule has 0 aliphatic rings. The molecule has 0 spiro atoms. The maximum atomic E-state index is 5.61. The van der Waals surface area contributed by atoms with Crippen LogP contribution in [-0.4, -0.2) is 6.61 Å². The topological polar surface area (TPSA) is 9.23 Å². The Morgan fingerprint density at radius 1 is 1.27 bits per heavy atom. The Morgan fingerprint density at radius 2 is 2.00 bits per heavy atom. The zero-order valence-electron chi connectivity index (χ0n) is 9.83. The lowest BCUT2D eigenvalue weighted by molar-refractivity contribution is 0.292. The molecule has 1 rings (SSSR count). The third kappa shape index (κ3) is 5.46. The summed E-state index contributed by atoms with van der Waals surface area (Å²) in [6.45, 7) is 5.40. The Bertz CT molecular complexity index is 243. The van der Waals surface area contributed by atoms with Crippen LogP contribution in [0.2, 0.25) is 0 Å². The van der Waals surface area contributed by atoms with E-state index in [1.807, 2.05) is 24.3 Å². The van der Waals surface area contributed by atoms with E-state index in [9.17, 15) is 0 Å². The zero-order valence-corrected chi connectivity index (χ0v) is 9.83. The van der Waals surface area contributed by atoms with Gasteiger partial charge in [-0.1, -0.05) is 38.8 Å². The Balaban J connectivity index is 2.07. The number of rotatable bonds is 7. The highest BCUT2D eigenvalue weighted by molar-refractivity contribution is 5.20. The molecule has 0 heterocycles. The predicted molar refractivity (Wildman–Crippen MR) is 64.1 cm³/mol. The second-order valence-corrected chi connectivity index (χ2v) is 4.12. The molecule has 0 bridgehead atoms. The van der Waals surface area contributed by atoms with Gasteiger partial charge in [0.05, 0.1) is 6.61 Å². The Kier molecular flexibility index (Phi) is 5.91. The van der Waals surface area contributed by atoms with Crippen LogP contribution >= 0.6 is 0 Å². The molecule has 0 amide bonds. The van der Waals surface area contributed by atoms with E-state index in [1.165, 1.54) is 19.3 Å². The maximum Gasteiger partial charge on any atom is 0.119 e. The third-order valence-electron chi connectivity index (χ3n) is 2.58. The quantitative estimate of drug-likeness (QED) is 0.609. The lowest BCUT2D eigenvalue weighted by Gasteiger charge is -2.10. The highest BCUT2D eigenvalue weighted by atomic mass is 16.5. The second-order valence-electron chi connectivity index (χ2n) is 4.12. The van der Waals surface area contributed by atoms with Crippen molar-refractivity contribution in [2.24, 2.45) is 5.92 Å². The average Bonchev–Trinajstić information content (AvgIpc) is 2.26. The predicted octanol–water partition coefficient (Wildman–Crippen LogP) is 4.08. The highest BCUT2D eigenvalue weighted by Crippen LogP contribution is 2.13. The zero-order chi connectivity index (χ0) is 10.9. The largest absolute Gasteiger partial charge is 0.494 e. The minimum absolute atomic E-state index is 0.831. The summed E-state index contributed by atoms with van der Waals surface area (Å²) in [4.78, 5) is 0. The van der Waals surface area contributed by atoms with Gasteiger partial charge in [-0.2, -0.15) is 0 Å². The summed E-state index contributed by atoms with van der Waals surface area (Å²) < 4.78 is 5.61. The van der Waals surface area contributed by atoms with E-state index in [0.29, 0.717) is 0 Å². The van der Waals surface area contributed by atoms with Crippen LogP contribution in [0.5, 0.6) is 5.75 Å². The molecule has 15 heavy (non-hydrogen) atoms. The first-order chi connectivity index (χ1) is 7.33. The third-order valence-corrected chi connectivity index (χ3v) is 2.58. The molecule has 0 saturated heterocycles. The summed E-state index contributed by atoms with van der Waals surface area (Å²) in [6.07, 6.45) is 5.05. The van der Waals surface area contributed by atoms with Crippen molar-refractivity contribution in [3.63, 3.8) is 0 Å². The monoisotopic (exact) mass is 205 g/mol. The van der Waals surface area contributed by atoms with Gasteiger partial charge in [0.2, 0.25) is 0 Å². The van der Waals surface area contributed by atoms with Crippen molar-refractivity contribution in [1.29, 1.82) is 0 Å². The lowest BCUT2D eigenvalue weighted by Crippen LogP contribution is -2.01. The van der Waals surface area contributed by atoms with E-state index in [-0.39, 0.29) is 0 Å². The first-order valence-corrected chi connectivity index (χ1v) is 5.92. The van der Waals surface area contributed by atoms with E-state index >= 15 is 0 Å². The minimum Gasteiger partial charge on any atom is -0.494 e. The van der Waals surface area contributed by atoms with E-state index in [1.54, 1.807) is 0 Å². The maximum absolute atomic E-state index is 5.61. The molecular formula is C14H21O. The Hall–Kier alpha value is -0.980. The molecule has 83 valence electrons. The van der Waals surface area contributed by atoms with Crippen molar-refractivity contribution in [2.75, 3.05) is 6.61 Å². The normalized spacial score (nSPS) is 12.4. The van der Waals surface area contributed by atoms with Gasteiger partial charge in [0, 0.05) is 0 Å². The van der Waals surface area contributed by atoms with Crippen molar-refractivity contribution in [3.05, 3.63) is 30.3 Å². The lowest BCUT2D eigenvalue weighted by atomic mass is 10.0. The van der Waals surface area contributed by atoms with Gasteiger partial charge in [0.1, 0.15) is 5.75 Å². The second kappa shape index (κ2) is 7.33. The fourth-order valence-corrected chi connectivity index (χ4v) is 1.73. The summed E-state index contributed by atoms with van der Waals surface area (Å²) in [7, 11) is 0. The number of benzene rings is 1. The van der Waals surface area contributed by atoms with E-state index in [0.717, 1.165) is 24.7 Å². The molecule has 1 atom stereocenters. The molecule has 1 heteroatoms. The van der Waals surface area contributed by atoms with Gasteiger partial charge in [0.25, 0.3) is 0 Å². The van der Waals surface area contributed by atoms with E-state index in [4.69, 9.17) is 4.74 Å². The molecular weight excluding hydrogens is 184 g/mol. The van der Waals surface area contributed by atoms with Gasteiger partial charge in [-0.25, -0.2) is 0 Å². The molecule has 0 aliphatic heterocycles. The van der Waals surface area contributed by atoms with Crippen LogP contribution in [0.25, 0.3) is 0 Å². The van der Waals surface area contributed by atoms with Crippen LogP contribution in [0.3, 0.4) is 0 Å².